The van der Waals surface area contributed by atoms with Crippen LogP contribution in [0.25, 0.3) is 0 Å². The summed E-state index contributed by atoms with van der Waals surface area (Å²) in [7, 11) is 1.71. The van der Waals surface area contributed by atoms with Gasteiger partial charge in [0, 0.05) is 22.5 Å². The zero-order valence-electron chi connectivity index (χ0n) is 12.2. The van der Waals surface area contributed by atoms with Crippen molar-refractivity contribution in [2.45, 2.75) is 24.8 Å². The summed E-state index contributed by atoms with van der Waals surface area (Å²) in [5.41, 5.74) is 2.50. The molecule has 3 heteroatoms. The van der Waals surface area contributed by atoms with E-state index in [2.05, 4.69) is 35.6 Å². The highest BCUT2D eigenvalue weighted by Crippen LogP contribution is 2.39. The van der Waals surface area contributed by atoms with Crippen molar-refractivity contribution in [1.29, 1.82) is 0 Å². The lowest BCUT2D eigenvalue weighted by Gasteiger charge is -2.23. The van der Waals surface area contributed by atoms with E-state index in [0.29, 0.717) is 12.0 Å². The maximum Gasteiger partial charge on any atom is 0.123 e. The number of rotatable bonds is 4. The van der Waals surface area contributed by atoms with Gasteiger partial charge in [-0.3, -0.25) is 0 Å². The molecule has 0 bridgehead atoms. The lowest BCUT2D eigenvalue weighted by molar-refractivity contribution is 0.401. The van der Waals surface area contributed by atoms with Crippen LogP contribution in [0.3, 0.4) is 0 Å². The van der Waals surface area contributed by atoms with Crippen molar-refractivity contribution in [3.05, 3.63) is 64.7 Å². The van der Waals surface area contributed by atoms with Crippen LogP contribution in [0.4, 0.5) is 0 Å². The topological polar surface area (TPSA) is 21.3 Å². The molecule has 0 aliphatic carbocycles. The Morgan fingerprint density at radius 2 is 1.95 bits per heavy atom. The Balaban J connectivity index is 1.88. The standard InChI is InChI=1S/C18H20ClNO/c1-21-17-9-5-8-15(19)18(17)14-10-11-20-16(14)12-13-6-3-2-4-7-13/h2-9,14,16,20H,10-12H2,1H3. The molecule has 0 amide bonds. The van der Waals surface area contributed by atoms with E-state index >= 15 is 0 Å². The van der Waals surface area contributed by atoms with Gasteiger partial charge in [-0.25, -0.2) is 0 Å². The fraction of sp³-hybridized carbons (Fsp3) is 0.333. The summed E-state index contributed by atoms with van der Waals surface area (Å²) in [6, 6.07) is 16.9. The Hall–Kier alpha value is -1.51. The third-order valence-corrected chi connectivity index (χ3v) is 4.58. The summed E-state index contributed by atoms with van der Waals surface area (Å²) in [5.74, 6) is 1.29. The average molecular weight is 302 g/mol. The first-order valence-electron chi connectivity index (χ1n) is 7.39. The Labute approximate surface area is 131 Å². The molecule has 0 spiro atoms. The quantitative estimate of drug-likeness (QED) is 0.920. The molecule has 1 saturated heterocycles. The molecule has 2 unspecified atom stereocenters. The summed E-state index contributed by atoms with van der Waals surface area (Å²) < 4.78 is 5.52. The van der Waals surface area contributed by atoms with Crippen LogP contribution < -0.4 is 10.1 Å². The van der Waals surface area contributed by atoms with Crippen LogP contribution >= 0.6 is 11.6 Å². The Morgan fingerprint density at radius 3 is 2.71 bits per heavy atom. The summed E-state index contributed by atoms with van der Waals surface area (Å²) >= 11 is 6.45. The number of benzene rings is 2. The molecule has 0 radical (unpaired) electrons. The average Bonchev–Trinajstić information content (AvgIpc) is 2.95. The smallest absolute Gasteiger partial charge is 0.123 e. The van der Waals surface area contributed by atoms with Gasteiger partial charge in [0.2, 0.25) is 0 Å². The van der Waals surface area contributed by atoms with Crippen molar-refractivity contribution in [2.75, 3.05) is 13.7 Å². The number of nitrogens with one attached hydrogen (secondary N) is 1. The number of halogens is 1. The van der Waals surface area contributed by atoms with E-state index in [1.807, 2.05) is 18.2 Å². The lowest BCUT2D eigenvalue weighted by Crippen LogP contribution is -2.28. The molecule has 1 aliphatic heterocycles. The second-order valence-corrected chi connectivity index (χ2v) is 5.91. The summed E-state index contributed by atoms with van der Waals surface area (Å²) in [6.07, 6.45) is 2.11. The second kappa shape index (κ2) is 6.50. The third kappa shape index (κ3) is 3.07. The fourth-order valence-electron chi connectivity index (χ4n) is 3.25. The first kappa shape index (κ1) is 14.4. The summed E-state index contributed by atoms with van der Waals surface area (Å²) in [5, 5.41) is 4.42. The van der Waals surface area contributed by atoms with Gasteiger partial charge in [-0.05, 0) is 37.1 Å². The highest BCUT2D eigenvalue weighted by Gasteiger charge is 2.31. The van der Waals surface area contributed by atoms with Gasteiger partial charge in [0.25, 0.3) is 0 Å². The van der Waals surface area contributed by atoms with E-state index in [9.17, 15) is 0 Å². The van der Waals surface area contributed by atoms with E-state index < -0.39 is 0 Å². The van der Waals surface area contributed by atoms with E-state index in [-0.39, 0.29) is 0 Å². The first-order chi connectivity index (χ1) is 10.3. The van der Waals surface area contributed by atoms with Crippen LogP contribution in [-0.2, 0) is 6.42 Å². The molecule has 1 aliphatic rings. The molecule has 0 saturated carbocycles. The molecule has 1 N–H and O–H groups in total. The van der Waals surface area contributed by atoms with E-state index in [4.69, 9.17) is 16.3 Å². The highest BCUT2D eigenvalue weighted by atomic mass is 35.5. The van der Waals surface area contributed by atoms with E-state index in [1.165, 1.54) is 5.56 Å². The highest BCUT2D eigenvalue weighted by molar-refractivity contribution is 6.31. The van der Waals surface area contributed by atoms with Crippen molar-refractivity contribution in [3.63, 3.8) is 0 Å². The minimum Gasteiger partial charge on any atom is -0.496 e. The maximum absolute atomic E-state index is 6.45. The number of hydrogen-bond acceptors (Lipinski definition) is 2. The lowest BCUT2D eigenvalue weighted by atomic mass is 9.88. The summed E-state index contributed by atoms with van der Waals surface area (Å²) in [6.45, 7) is 1.02. The minimum atomic E-state index is 0.397. The molecular weight excluding hydrogens is 282 g/mol. The Kier molecular flexibility index (Phi) is 4.47. The Bertz CT molecular complexity index is 599. The summed E-state index contributed by atoms with van der Waals surface area (Å²) in [4.78, 5) is 0. The van der Waals surface area contributed by atoms with E-state index in [0.717, 1.165) is 35.7 Å². The number of methoxy groups -OCH3 is 1. The molecule has 1 heterocycles. The normalized spacial score (nSPS) is 21.4. The zero-order chi connectivity index (χ0) is 14.7. The molecule has 3 rings (SSSR count). The van der Waals surface area contributed by atoms with Gasteiger partial charge in [-0.1, -0.05) is 48.0 Å². The van der Waals surface area contributed by atoms with Gasteiger partial charge in [-0.2, -0.15) is 0 Å². The molecule has 2 atom stereocenters. The van der Waals surface area contributed by atoms with Gasteiger partial charge in [0.05, 0.1) is 7.11 Å². The minimum absolute atomic E-state index is 0.397. The van der Waals surface area contributed by atoms with Crippen LogP contribution in [0.5, 0.6) is 5.75 Å². The molecule has 1 fully saturated rings. The van der Waals surface area contributed by atoms with Crippen molar-refractivity contribution in [1.82, 2.24) is 5.32 Å². The molecule has 21 heavy (non-hydrogen) atoms. The van der Waals surface area contributed by atoms with Crippen molar-refractivity contribution >= 4 is 11.6 Å². The largest absolute Gasteiger partial charge is 0.496 e. The van der Waals surface area contributed by atoms with Crippen molar-refractivity contribution < 1.29 is 4.74 Å². The third-order valence-electron chi connectivity index (χ3n) is 4.25. The number of ether oxygens (including phenoxy) is 1. The maximum atomic E-state index is 6.45. The van der Waals surface area contributed by atoms with Crippen molar-refractivity contribution in [2.24, 2.45) is 0 Å². The molecule has 2 nitrogen and oxygen atoms in total. The number of hydrogen-bond donors (Lipinski definition) is 1. The van der Waals surface area contributed by atoms with E-state index in [1.54, 1.807) is 7.11 Å². The van der Waals surface area contributed by atoms with Crippen LogP contribution in [0.1, 0.15) is 23.5 Å². The second-order valence-electron chi connectivity index (χ2n) is 5.50. The van der Waals surface area contributed by atoms with Crippen LogP contribution in [0.2, 0.25) is 5.02 Å². The van der Waals surface area contributed by atoms with Crippen LogP contribution in [0, 0.1) is 0 Å². The monoisotopic (exact) mass is 301 g/mol. The van der Waals surface area contributed by atoms with Crippen LogP contribution in [0.15, 0.2) is 48.5 Å². The SMILES string of the molecule is COc1cccc(Cl)c1C1CCNC1Cc1ccccc1. The molecular formula is C18H20ClNO. The van der Waals surface area contributed by atoms with Crippen molar-refractivity contribution in [3.8, 4) is 5.75 Å². The predicted octanol–water partition coefficient (Wildman–Crippen LogP) is 4.04. The van der Waals surface area contributed by atoms with Gasteiger partial charge < -0.3 is 10.1 Å². The molecule has 110 valence electrons. The molecule has 0 aromatic heterocycles. The fourth-order valence-corrected chi connectivity index (χ4v) is 3.56. The molecule has 2 aromatic rings. The van der Waals surface area contributed by atoms with Gasteiger partial charge in [-0.15, -0.1) is 0 Å². The van der Waals surface area contributed by atoms with Gasteiger partial charge >= 0.3 is 0 Å². The molecule has 2 aromatic carbocycles. The van der Waals surface area contributed by atoms with Crippen LogP contribution in [-0.4, -0.2) is 19.7 Å². The van der Waals surface area contributed by atoms with Gasteiger partial charge in [0.15, 0.2) is 0 Å². The first-order valence-corrected chi connectivity index (χ1v) is 7.77. The van der Waals surface area contributed by atoms with Gasteiger partial charge in [0.1, 0.15) is 5.75 Å². The Morgan fingerprint density at radius 1 is 1.14 bits per heavy atom. The zero-order valence-corrected chi connectivity index (χ0v) is 12.9. The predicted molar refractivity (Wildman–Crippen MR) is 87.3 cm³/mol.